The molecule has 0 aromatic rings. The van der Waals surface area contributed by atoms with Crippen LogP contribution in [0.1, 0.15) is 0 Å². The normalized spacial score (nSPS) is 6.57. The molecule has 0 amide bonds. The first-order chi connectivity index (χ1) is 3.41. The molecule has 0 saturated heterocycles. The largest absolute Gasteiger partial charge is 0.101 e. The molecule has 0 nitrogen and oxygen atoms in total. The van der Waals surface area contributed by atoms with E-state index in [1.807, 2.05) is 49.2 Å². The second-order valence-corrected chi connectivity index (χ2v) is 1.24. The molecule has 0 rings (SSSR count). The first-order valence-corrected chi connectivity index (χ1v) is 2.49. The molecule has 0 aromatic carbocycles. The molecule has 0 spiro atoms. The first kappa shape index (κ1) is 7.32. The summed E-state index contributed by atoms with van der Waals surface area (Å²) in [7, 11) is 10.0. The van der Waals surface area contributed by atoms with Crippen LogP contribution < -0.4 is 0 Å². The van der Waals surface area contributed by atoms with Gasteiger partial charge in [0, 0.05) is 21.2 Å². The minimum atomic E-state index is 2.00. The van der Waals surface area contributed by atoms with E-state index in [-0.39, 0.29) is 0 Å². The molecule has 0 bridgehead atoms. The van der Waals surface area contributed by atoms with Gasteiger partial charge in [-0.3, -0.25) is 0 Å². The average Bonchev–Trinajstić information content (AvgIpc) is 1.69. The third kappa shape index (κ3) is 6.32. The third-order valence-corrected chi connectivity index (χ3v) is 0.607. The van der Waals surface area contributed by atoms with Gasteiger partial charge in [0.25, 0.3) is 0 Å². The van der Waals surface area contributed by atoms with E-state index in [2.05, 4.69) is 0 Å². The van der Waals surface area contributed by atoms with Gasteiger partial charge in [0.1, 0.15) is 0 Å². The van der Waals surface area contributed by atoms with Crippen molar-refractivity contribution in [2.75, 3.05) is 0 Å². The summed E-state index contributed by atoms with van der Waals surface area (Å²) in [4.78, 5) is 0. The summed E-state index contributed by atoms with van der Waals surface area (Å²) < 4.78 is 0. The lowest BCUT2D eigenvalue weighted by Gasteiger charge is -1.84. The second-order valence-electron chi connectivity index (χ2n) is 1.24. The number of rotatable bonds is 4. The topological polar surface area (TPSA) is 0 Å². The Morgan fingerprint density at radius 1 is 0.714 bits per heavy atom. The van der Waals surface area contributed by atoms with Crippen LogP contribution in [0.25, 0.3) is 0 Å². The monoisotopic (exact) mass is 85.1 g/mol. The molecule has 0 saturated carbocycles. The summed E-state index contributed by atoms with van der Waals surface area (Å²) in [5.74, 6) is 0. The molecule has 0 aliphatic heterocycles. The quantitative estimate of drug-likeness (QED) is 0.311. The molecule has 29 valence electrons. The van der Waals surface area contributed by atoms with Crippen LogP contribution in [0.2, 0.25) is 13.6 Å². The van der Waals surface area contributed by atoms with Gasteiger partial charge in [0.05, 0.1) is 14.3 Å². The molecule has 5 radical (unpaired) electrons. The van der Waals surface area contributed by atoms with Crippen molar-refractivity contribution in [3.63, 3.8) is 0 Å². The Hall–Kier alpha value is 0.325. The Labute approximate surface area is 50.0 Å². The standard InChI is InChI=1S/C2H6B5/c1-3-5-7-6-4-2/h1-2H3. The predicted molar refractivity (Wildman–Crippen MR) is 40.5 cm³/mol. The van der Waals surface area contributed by atoms with Gasteiger partial charge in [-0.05, 0) is 0 Å². The van der Waals surface area contributed by atoms with E-state index >= 15 is 0 Å². The number of hydrogen-bond acceptors (Lipinski definition) is 0. The molecular weight excluding hydrogens is 78.1 g/mol. The summed E-state index contributed by atoms with van der Waals surface area (Å²) in [5.41, 5.74) is 0. The zero-order valence-corrected chi connectivity index (χ0v) is 4.89. The van der Waals surface area contributed by atoms with Gasteiger partial charge >= 0.3 is 0 Å². The van der Waals surface area contributed by atoms with E-state index in [9.17, 15) is 0 Å². The van der Waals surface area contributed by atoms with E-state index in [1.165, 1.54) is 0 Å². The highest BCUT2D eigenvalue weighted by molar-refractivity contribution is 7.53. The van der Waals surface area contributed by atoms with Crippen molar-refractivity contribution in [3.05, 3.63) is 0 Å². The lowest BCUT2D eigenvalue weighted by molar-refractivity contribution is 2.36. The number of hydrogen-bond donors (Lipinski definition) is 0. The van der Waals surface area contributed by atoms with E-state index in [4.69, 9.17) is 0 Å². The van der Waals surface area contributed by atoms with E-state index in [0.29, 0.717) is 0 Å². The summed E-state index contributed by atoms with van der Waals surface area (Å²) in [5, 5.41) is 0. The van der Waals surface area contributed by atoms with Gasteiger partial charge in [-0.2, -0.15) is 0 Å². The molecule has 0 fully saturated rings. The van der Waals surface area contributed by atoms with Crippen LogP contribution in [0.3, 0.4) is 0 Å². The summed E-state index contributed by atoms with van der Waals surface area (Å²) in [6.07, 6.45) is 0. The minimum absolute atomic E-state index is 2.00. The Bertz CT molecular complexity index is 25.3. The smallest absolute Gasteiger partial charge is 0.0502 e. The van der Waals surface area contributed by atoms with Crippen LogP contribution in [-0.4, -0.2) is 35.5 Å². The molecule has 0 atom stereocenters. The van der Waals surface area contributed by atoms with Crippen molar-refractivity contribution in [1.82, 2.24) is 0 Å². The summed E-state index contributed by atoms with van der Waals surface area (Å²) in [6.45, 7) is 4.00. The van der Waals surface area contributed by atoms with Crippen molar-refractivity contribution in [2.45, 2.75) is 13.6 Å². The zero-order valence-electron chi connectivity index (χ0n) is 4.89. The maximum atomic E-state index is 2.00. The van der Waals surface area contributed by atoms with E-state index < -0.39 is 0 Å². The van der Waals surface area contributed by atoms with Gasteiger partial charge in [-0.1, -0.05) is 0 Å². The molecule has 0 heterocycles. The Balaban J connectivity index is 2.45. The Morgan fingerprint density at radius 3 is 1.43 bits per heavy atom. The maximum Gasteiger partial charge on any atom is 0.0502 e. The van der Waals surface area contributed by atoms with Crippen LogP contribution in [0.5, 0.6) is 0 Å². The molecule has 5 heteroatoms. The van der Waals surface area contributed by atoms with Crippen molar-refractivity contribution in [2.24, 2.45) is 0 Å². The molecular formula is C2H6B5. The summed E-state index contributed by atoms with van der Waals surface area (Å²) in [6, 6.07) is 0. The van der Waals surface area contributed by atoms with Crippen LogP contribution in [-0.2, 0) is 0 Å². The van der Waals surface area contributed by atoms with Crippen molar-refractivity contribution < 1.29 is 0 Å². The fraction of sp³-hybridized carbons (Fsp3) is 1.00. The fourth-order valence-electron chi connectivity index (χ4n) is 0.286. The Kier molecular flexibility index (Phi) is 6.62. The zero-order chi connectivity index (χ0) is 5.54. The van der Waals surface area contributed by atoms with Gasteiger partial charge in [-0.25, -0.2) is 0 Å². The lowest BCUT2D eigenvalue weighted by atomic mass is 9.02. The highest BCUT2D eigenvalue weighted by atomic mass is 12.9. The fourth-order valence-corrected chi connectivity index (χ4v) is 0.286. The van der Waals surface area contributed by atoms with Crippen molar-refractivity contribution in [1.29, 1.82) is 0 Å². The third-order valence-electron chi connectivity index (χ3n) is 0.607. The highest BCUT2D eigenvalue weighted by Crippen LogP contribution is 1.54. The van der Waals surface area contributed by atoms with Crippen molar-refractivity contribution in [3.8, 4) is 0 Å². The van der Waals surface area contributed by atoms with Crippen LogP contribution in [0, 0.1) is 0 Å². The van der Waals surface area contributed by atoms with Gasteiger partial charge in [0.15, 0.2) is 0 Å². The average molecular weight is 84.1 g/mol. The van der Waals surface area contributed by atoms with E-state index in [0.717, 1.165) is 0 Å². The predicted octanol–water partition coefficient (Wildman–Crippen LogP) is -0.736. The lowest BCUT2D eigenvalue weighted by Crippen LogP contribution is -2.20. The van der Waals surface area contributed by atoms with Crippen LogP contribution in [0.4, 0.5) is 0 Å². The molecule has 0 aromatic heterocycles. The molecule has 0 N–H and O–H groups in total. The Morgan fingerprint density at radius 2 is 1.14 bits per heavy atom. The first-order valence-electron chi connectivity index (χ1n) is 2.49. The highest BCUT2D eigenvalue weighted by Gasteiger charge is 1.86. The van der Waals surface area contributed by atoms with Gasteiger partial charge in [-0.15, -0.1) is 13.6 Å². The second kappa shape index (κ2) is 6.32. The van der Waals surface area contributed by atoms with Gasteiger partial charge < -0.3 is 0 Å². The SMILES string of the molecule is C[B][B][B][B][B]C. The molecule has 0 aliphatic rings. The maximum absolute atomic E-state index is 2.00. The van der Waals surface area contributed by atoms with Crippen LogP contribution >= 0.6 is 0 Å². The van der Waals surface area contributed by atoms with Gasteiger partial charge in [0.2, 0.25) is 0 Å². The van der Waals surface area contributed by atoms with E-state index in [1.54, 1.807) is 0 Å². The molecule has 7 heavy (non-hydrogen) atoms. The summed E-state index contributed by atoms with van der Waals surface area (Å²) >= 11 is 0. The van der Waals surface area contributed by atoms with Crippen molar-refractivity contribution >= 4 is 35.5 Å². The molecule has 0 aliphatic carbocycles. The molecule has 0 unspecified atom stereocenters. The minimum Gasteiger partial charge on any atom is -0.101 e. The van der Waals surface area contributed by atoms with Crippen LogP contribution in [0.15, 0.2) is 0 Å².